The van der Waals surface area contributed by atoms with Crippen LogP contribution in [0.2, 0.25) is 0 Å². The van der Waals surface area contributed by atoms with Gasteiger partial charge in [-0.1, -0.05) is 141 Å². The molecule has 6 aromatic carbocycles. The van der Waals surface area contributed by atoms with E-state index in [1.54, 1.807) is 0 Å². The van der Waals surface area contributed by atoms with Gasteiger partial charge in [0.05, 0.1) is 0 Å². The van der Waals surface area contributed by atoms with E-state index in [1.807, 2.05) is 6.08 Å². The van der Waals surface area contributed by atoms with Crippen molar-refractivity contribution in [2.45, 2.75) is 26.2 Å². The molecular formula is C44H37N. The Kier molecular flexibility index (Phi) is 7.31. The van der Waals surface area contributed by atoms with Gasteiger partial charge in [0.2, 0.25) is 0 Å². The lowest BCUT2D eigenvalue weighted by molar-refractivity contribution is 0.639. The highest BCUT2D eigenvalue weighted by molar-refractivity contribution is 5.88. The molecule has 0 aromatic heterocycles. The van der Waals surface area contributed by atoms with Gasteiger partial charge in [-0.15, -0.1) is 0 Å². The highest BCUT2D eigenvalue weighted by Crippen LogP contribution is 2.49. The Balaban J connectivity index is 1.33. The molecule has 0 fully saturated rings. The minimum absolute atomic E-state index is 0.0694. The van der Waals surface area contributed by atoms with Crippen LogP contribution in [0.5, 0.6) is 0 Å². The molecule has 0 heterocycles. The topological polar surface area (TPSA) is 3.24 Å². The van der Waals surface area contributed by atoms with Gasteiger partial charge in [-0.25, -0.2) is 0 Å². The molecule has 0 N–H and O–H groups in total. The minimum Gasteiger partial charge on any atom is -0.310 e. The van der Waals surface area contributed by atoms with Crippen molar-refractivity contribution in [1.82, 2.24) is 0 Å². The summed E-state index contributed by atoms with van der Waals surface area (Å²) < 4.78 is 0. The molecule has 6 aromatic rings. The Labute approximate surface area is 267 Å². The molecule has 0 spiro atoms. The van der Waals surface area contributed by atoms with Gasteiger partial charge in [0, 0.05) is 22.5 Å². The highest BCUT2D eigenvalue weighted by Gasteiger charge is 2.34. The molecule has 0 unspecified atom stereocenters. The molecule has 0 amide bonds. The summed E-state index contributed by atoms with van der Waals surface area (Å²) in [6, 6.07) is 54.7. The van der Waals surface area contributed by atoms with Crippen LogP contribution in [-0.4, -0.2) is 0 Å². The number of benzene rings is 6. The van der Waals surface area contributed by atoms with Crippen LogP contribution in [0.25, 0.3) is 39.0 Å². The number of anilines is 3. The maximum absolute atomic E-state index is 4.14. The van der Waals surface area contributed by atoms with Crippen molar-refractivity contribution in [3.8, 4) is 33.4 Å². The largest absolute Gasteiger partial charge is 0.310 e. The van der Waals surface area contributed by atoms with E-state index in [9.17, 15) is 0 Å². The average molecular weight is 580 g/mol. The van der Waals surface area contributed by atoms with Gasteiger partial charge in [-0.2, -0.15) is 0 Å². The first-order chi connectivity index (χ1) is 21.9. The molecule has 0 atom stereocenters. The second-order valence-corrected chi connectivity index (χ2v) is 12.3. The summed E-state index contributed by atoms with van der Waals surface area (Å²) in [4.78, 5) is 2.38. The average Bonchev–Trinajstić information content (AvgIpc) is 3.29. The molecule has 45 heavy (non-hydrogen) atoms. The van der Waals surface area contributed by atoms with E-state index in [2.05, 4.69) is 184 Å². The van der Waals surface area contributed by atoms with Gasteiger partial charge in [0.25, 0.3) is 0 Å². The number of hydrogen-bond acceptors (Lipinski definition) is 1. The van der Waals surface area contributed by atoms with Crippen molar-refractivity contribution >= 4 is 22.6 Å². The van der Waals surface area contributed by atoms with Crippen LogP contribution in [0.15, 0.2) is 170 Å². The fourth-order valence-corrected chi connectivity index (χ4v) is 6.64. The number of rotatable bonds is 7. The Hall–Kier alpha value is -5.40. The van der Waals surface area contributed by atoms with Gasteiger partial charge in [0.1, 0.15) is 0 Å². The first-order valence-electron chi connectivity index (χ1n) is 15.6. The minimum atomic E-state index is -0.0694. The number of allylic oxidation sites excluding steroid dienone is 3. The molecule has 0 aliphatic heterocycles. The quantitative estimate of drug-likeness (QED) is 0.182. The monoisotopic (exact) mass is 579 g/mol. The number of hydrogen-bond donors (Lipinski definition) is 0. The summed E-state index contributed by atoms with van der Waals surface area (Å²) in [5, 5.41) is 0. The van der Waals surface area contributed by atoms with E-state index in [4.69, 9.17) is 0 Å². The van der Waals surface area contributed by atoms with E-state index in [0.29, 0.717) is 0 Å². The summed E-state index contributed by atoms with van der Waals surface area (Å²) in [5.41, 5.74) is 15.8. The van der Waals surface area contributed by atoms with E-state index in [1.165, 1.54) is 55.7 Å². The Bertz CT molecular complexity index is 2030. The maximum Gasteiger partial charge on any atom is 0.0467 e. The fraction of sp³-hybridized carbons (Fsp3) is 0.0909. The Morgan fingerprint density at radius 2 is 0.978 bits per heavy atom. The molecule has 1 aliphatic rings. The summed E-state index contributed by atoms with van der Waals surface area (Å²) >= 11 is 0. The van der Waals surface area contributed by atoms with Crippen LogP contribution in [0.4, 0.5) is 17.1 Å². The maximum atomic E-state index is 4.14. The third kappa shape index (κ3) is 5.21. The second-order valence-electron chi connectivity index (χ2n) is 12.3. The van der Waals surface area contributed by atoms with Gasteiger partial charge in [-0.3, -0.25) is 0 Å². The van der Waals surface area contributed by atoms with Crippen molar-refractivity contribution in [2.75, 3.05) is 4.90 Å². The van der Waals surface area contributed by atoms with Crippen LogP contribution in [-0.2, 0) is 5.41 Å². The molecule has 218 valence electrons. The zero-order valence-corrected chi connectivity index (χ0v) is 26.2. The SMILES string of the molecule is C=CC1=C(C)C(C)(C)c2cc(N(c3ccc(-c4cccc(-c5ccccc5)c4)cc3)c3cccc(-c4ccccc4)c3)ccc21. The summed E-state index contributed by atoms with van der Waals surface area (Å²) in [7, 11) is 0. The molecule has 0 bridgehead atoms. The third-order valence-corrected chi connectivity index (χ3v) is 9.41. The summed E-state index contributed by atoms with van der Waals surface area (Å²) in [6.45, 7) is 11.0. The predicted octanol–water partition coefficient (Wildman–Crippen LogP) is 12.4. The van der Waals surface area contributed by atoms with Crippen LogP contribution in [0, 0.1) is 0 Å². The van der Waals surface area contributed by atoms with E-state index in [-0.39, 0.29) is 5.41 Å². The molecule has 1 nitrogen and oxygen atoms in total. The summed E-state index contributed by atoms with van der Waals surface area (Å²) in [5.74, 6) is 0. The van der Waals surface area contributed by atoms with Gasteiger partial charge in [-0.05, 0) is 99.5 Å². The van der Waals surface area contributed by atoms with Gasteiger partial charge >= 0.3 is 0 Å². The molecule has 0 saturated heterocycles. The van der Waals surface area contributed by atoms with Crippen molar-refractivity contribution in [2.24, 2.45) is 0 Å². The normalized spacial score (nSPS) is 13.4. The highest BCUT2D eigenvalue weighted by atomic mass is 15.1. The van der Waals surface area contributed by atoms with Crippen molar-refractivity contribution in [3.63, 3.8) is 0 Å². The van der Waals surface area contributed by atoms with Crippen molar-refractivity contribution in [3.05, 3.63) is 181 Å². The first-order valence-corrected chi connectivity index (χ1v) is 15.6. The molecule has 7 rings (SSSR count). The van der Waals surface area contributed by atoms with E-state index < -0.39 is 0 Å². The van der Waals surface area contributed by atoms with E-state index in [0.717, 1.165) is 17.1 Å². The first kappa shape index (κ1) is 28.4. The second kappa shape index (κ2) is 11.6. The van der Waals surface area contributed by atoms with Crippen molar-refractivity contribution < 1.29 is 0 Å². The lowest BCUT2D eigenvalue weighted by atomic mass is 9.82. The lowest BCUT2D eigenvalue weighted by Gasteiger charge is -2.29. The fourth-order valence-electron chi connectivity index (χ4n) is 6.64. The zero-order valence-electron chi connectivity index (χ0n) is 26.2. The van der Waals surface area contributed by atoms with Crippen LogP contribution < -0.4 is 4.90 Å². The van der Waals surface area contributed by atoms with E-state index >= 15 is 0 Å². The van der Waals surface area contributed by atoms with Crippen molar-refractivity contribution in [1.29, 1.82) is 0 Å². The Morgan fingerprint density at radius 3 is 1.58 bits per heavy atom. The van der Waals surface area contributed by atoms with Crippen LogP contribution in [0.1, 0.15) is 31.9 Å². The standard InChI is InChI=1S/C44H37N/c1-5-41-31(2)44(3,4)43-30-40(26-27-42(41)43)45(39-21-13-20-37(29-39)33-16-10-7-11-17-33)38-24-22-34(23-25-38)36-19-12-18-35(28-36)32-14-8-6-9-15-32/h5-30H,1H2,2-4H3. The van der Waals surface area contributed by atoms with Crippen LogP contribution in [0.3, 0.4) is 0 Å². The number of nitrogens with zero attached hydrogens (tertiary/aromatic N) is 1. The molecule has 1 heteroatoms. The number of fused-ring (bicyclic) bond motifs is 1. The van der Waals surface area contributed by atoms with Gasteiger partial charge in [0.15, 0.2) is 0 Å². The van der Waals surface area contributed by atoms with Gasteiger partial charge < -0.3 is 4.90 Å². The lowest BCUT2D eigenvalue weighted by Crippen LogP contribution is -2.17. The summed E-state index contributed by atoms with van der Waals surface area (Å²) in [6.07, 6.45) is 2.01. The smallest absolute Gasteiger partial charge is 0.0467 e. The molecule has 1 aliphatic carbocycles. The molecule has 0 saturated carbocycles. The third-order valence-electron chi connectivity index (χ3n) is 9.41. The van der Waals surface area contributed by atoms with Crippen LogP contribution >= 0.6 is 0 Å². The molecule has 0 radical (unpaired) electrons. The Morgan fingerprint density at radius 1 is 0.489 bits per heavy atom. The zero-order chi connectivity index (χ0) is 31.0. The molecular weight excluding hydrogens is 542 g/mol. The predicted molar refractivity (Wildman–Crippen MR) is 193 cm³/mol.